The number of nitrogens with zero attached hydrogens (tertiary/aromatic N) is 7. The molecule has 0 saturated heterocycles. The largest absolute Gasteiger partial charge is 0.247 e. The molecule has 0 amide bonds. The summed E-state index contributed by atoms with van der Waals surface area (Å²) in [5.74, 6) is 0. The van der Waals surface area contributed by atoms with Crippen LogP contribution >= 0.6 is 0 Å². The molecule has 0 aliphatic heterocycles. The van der Waals surface area contributed by atoms with Gasteiger partial charge >= 0.3 is 0 Å². The molecule has 5 aromatic rings. The van der Waals surface area contributed by atoms with Crippen LogP contribution in [0.15, 0.2) is 91.3 Å². The van der Waals surface area contributed by atoms with Gasteiger partial charge in [0.25, 0.3) is 0 Å². The average molecular weight is 393 g/mol. The van der Waals surface area contributed by atoms with Gasteiger partial charge < -0.3 is 0 Å². The number of rotatable bonds is 6. The second kappa shape index (κ2) is 8.08. The van der Waals surface area contributed by atoms with E-state index in [1.165, 1.54) is 11.1 Å². The summed E-state index contributed by atoms with van der Waals surface area (Å²) >= 11 is 0. The van der Waals surface area contributed by atoms with Crippen molar-refractivity contribution < 1.29 is 0 Å². The zero-order valence-electron chi connectivity index (χ0n) is 16.2. The first-order chi connectivity index (χ1) is 14.8. The third-order valence-corrected chi connectivity index (χ3v) is 4.73. The van der Waals surface area contributed by atoms with Crippen molar-refractivity contribution in [3.8, 4) is 22.8 Å². The van der Waals surface area contributed by atoms with E-state index in [0.29, 0.717) is 13.1 Å². The van der Waals surface area contributed by atoms with Crippen molar-refractivity contribution in [2.45, 2.75) is 13.1 Å². The van der Waals surface area contributed by atoms with Crippen molar-refractivity contribution in [2.75, 3.05) is 0 Å². The van der Waals surface area contributed by atoms with Crippen LogP contribution in [0.4, 0.5) is 0 Å². The topological polar surface area (TPSA) is 74.3 Å². The number of hydrogen-bond donors (Lipinski definition) is 0. The van der Waals surface area contributed by atoms with Crippen molar-refractivity contribution >= 4 is 0 Å². The minimum Gasteiger partial charge on any atom is -0.247 e. The highest BCUT2D eigenvalue weighted by molar-refractivity contribution is 5.60. The molecule has 0 saturated carbocycles. The maximum absolute atomic E-state index is 4.72. The Bertz CT molecular complexity index is 1150. The standard InChI is InChI=1S/C23H19N7/c1-3-8-18(9-4-1)14-29-16-22(25-27-29)20-12-7-13-21(24-20)23-17-30(28-26-23)15-19-10-5-2-6-11-19/h1-13,16-17H,14-15H2. The second-order valence-electron chi connectivity index (χ2n) is 6.98. The number of aromatic nitrogens is 7. The summed E-state index contributed by atoms with van der Waals surface area (Å²) in [6.45, 7) is 1.34. The molecule has 0 atom stereocenters. The molecule has 3 heterocycles. The van der Waals surface area contributed by atoms with E-state index in [9.17, 15) is 0 Å². The minimum atomic E-state index is 0.668. The molecule has 7 heteroatoms. The Labute approximate surface area is 173 Å². The van der Waals surface area contributed by atoms with Crippen molar-refractivity contribution in [1.82, 2.24) is 35.0 Å². The van der Waals surface area contributed by atoms with Gasteiger partial charge in [-0.05, 0) is 23.3 Å². The molecule has 0 fully saturated rings. The highest BCUT2D eigenvalue weighted by Gasteiger charge is 2.10. The van der Waals surface area contributed by atoms with Crippen LogP contribution in [0.2, 0.25) is 0 Å². The third kappa shape index (κ3) is 4.00. The fourth-order valence-corrected chi connectivity index (χ4v) is 3.25. The molecule has 3 aromatic heterocycles. The van der Waals surface area contributed by atoms with E-state index in [4.69, 9.17) is 4.98 Å². The van der Waals surface area contributed by atoms with Crippen LogP contribution in [0.3, 0.4) is 0 Å². The smallest absolute Gasteiger partial charge is 0.131 e. The van der Waals surface area contributed by atoms with Gasteiger partial charge in [-0.1, -0.05) is 77.2 Å². The van der Waals surface area contributed by atoms with Crippen LogP contribution in [0.1, 0.15) is 11.1 Å². The van der Waals surface area contributed by atoms with E-state index in [1.54, 1.807) is 0 Å². The molecule has 146 valence electrons. The van der Waals surface area contributed by atoms with Crippen LogP contribution in [0.25, 0.3) is 22.8 Å². The van der Waals surface area contributed by atoms with Crippen LogP contribution in [-0.4, -0.2) is 35.0 Å². The summed E-state index contributed by atoms with van der Waals surface area (Å²) in [5.41, 5.74) is 5.30. The van der Waals surface area contributed by atoms with Gasteiger partial charge in [0, 0.05) is 0 Å². The lowest BCUT2D eigenvalue weighted by atomic mass is 10.2. The quantitative estimate of drug-likeness (QED) is 0.440. The first-order valence-electron chi connectivity index (χ1n) is 9.69. The molecule has 2 aromatic carbocycles. The summed E-state index contributed by atoms with van der Waals surface area (Å²) < 4.78 is 3.63. The molecule has 7 nitrogen and oxygen atoms in total. The Balaban J connectivity index is 1.35. The number of pyridine rings is 1. The molecular weight excluding hydrogens is 374 g/mol. The van der Waals surface area contributed by atoms with E-state index in [0.717, 1.165) is 22.8 Å². The maximum Gasteiger partial charge on any atom is 0.131 e. The summed E-state index contributed by atoms with van der Waals surface area (Å²) in [4.78, 5) is 4.72. The van der Waals surface area contributed by atoms with Gasteiger partial charge in [-0.15, -0.1) is 10.2 Å². The Hall–Kier alpha value is -4.13. The average Bonchev–Trinajstić information content (AvgIpc) is 3.45. The normalized spacial score (nSPS) is 10.9. The maximum atomic E-state index is 4.72. The van der Waals surface area contributed by atoms with E-state index >= 15 is 0 Å². The van der Waals surface area contributed by atoms with Crippen molar-refractivity contribution in [3.05, 3.63) is 102 Å². The molecule has 30 heavy (non-hydrogen) atoms. The Morgan fingerprint density at radius 1 is 0.500 bits per heavy atom. The molecular formula is C23H19N7. The summed E-state index contributed by atoms with van der Waals surface area (Å²) in [5, 5.41) is 17.0. The molecule has 0 aliphatic carbocycles. The monoisotopic (exact) mass is 393 g/mol. The lowest BCUT2D eigenvalue weighted by Crippen LogP contribution is -1.99. The van der Waals surface area contributed by atoms with Crippen molar-refractivity contribution in [2.24, 2.45) is 0 Å². The molecule has 0 bridgehead atoms. The second-order valence-corrected chi connectivity index (χ2v) is 6.98. The lowest BCUT2D eigenvalue weighted by molar-refractivity contribution is 0.650. The highest BCUT2D eigenvalue weighted by Crippen LogP contribution is 2.20. The molecule has 0 unspecified atom stereocenters. The fourth-order valence-electron chi connectivity index (χ4n) is 3.25. The summed E-state index contributed by atoms with van der Waals surface area (Å²) in [7, 11) is 0. The zero-order chi connectivity index (χ0) is 20.2. The van der Waals surface area contributed by atoms with E-state index < -0.39 is 0 Å². The van der Waals surface area contributed by atoms with Crippen LogP contribution < -0.4 is 0 Å². The van der Waals surface area contributed by atoms with Gasteiger partial charge in [0.2, 0.25) is 0 Å². The highest BCUT2D eigenvalue weighted by atomic mass is 15.4. The first-order valence-corrected chi connectivity index (χ1v) is 9.69. The van der Waals surface area contributed by atoms with Crippen molar-refractivity contribution in [1.29, 1.82) is 0 Å². The SMILES string of the molecule is c1ccc(Cn2cc(-c3cccc(-c4cn(Cc5ccccc5)nn4)n3)nn2)cc1. The van der Waals surface area contributed by atoms with Crippen molar-refractivity contribution in [3.63, 3.8) is 0 Å². The molecule has 0 N–H and O–H groups in total. The zero-order valence-corrected chi connectivity index (χ0v) is 16.2. The first kappa shape index (κ1) is 17.9. The number of benzene rings is 2. The Morgan fingerprint density at radius 3 is 1.43 bits per heavy atom. The summed E-state index contributed by atoms with van der Waals surface area (Å²) in [6.07, 6.45) is 3.82. The summed E-state index contributed by atoms with van der Waals surface area (Å²) in [6, 6.07) is 26.1. The van der Waals surface area contributed by atoms with Gasteiger partial charge in [0.1, 0.15) is 11.4 Å². The Morgan fingerprint density at radius 2 is 0.967 bits per heavy atom. The Kier molecular flexibility index (Phi) is 4.83. The third-order valence-electron chi connectivity index (χ3n) is 4.73. The minimum absolute atomic E-state index is 0.668. The van der Waals surface area contributed by atoms with Gasteiger partial charge in [0.15, 0.2) is 0 Å². The van der Waals surface area contributed by atoms with E-state index in [1.807, 2.05) is 76.4 Å². The van der Waals surface area contributed by atoms with Crippen LogP contribution in [-0.2, 0) is 13.1 Å². The molecule has 0 aliphatic rings. The lowest BCUT2D eigenvalue weighted by Gasteiger charge is -2.01. The molecule has 0 spiro atoms. The van der Waals surface area contributed by atoms with Gasteiger partial charge in [0.05, 0.1) is 36.9 Å². The van der Waals surface area contributed by atoms with Crippen LogP contribution in [0.5, 0.6) is 0 Å². The van der Waals surface area contributed by atoms with E-state index in [-0.39, 0.29) is 0 Å². The predicted octanol–water partition coefficient (Wildman–Crippen LogP) is 3.70. The van der Waals surface area contributed by atoms with Gasteiger partial charge in [-0.3, -0.25) is 0 Å². The molecule has 5 rings (SSSR count). The van der Waals surface area contributed by atoms with Gasteiger partial charge in [-0.25, -0.2) is 14.3 Å². The van der Waals surface area contributed by atoms with Gasteiger partial charge in [-0.2, -0.15) is 0 Å². The predicted molar refractivity (Wildman–Crippen MR) is 113 cm³/mol. The van der Waals surface area contributed by atoms with E-state index in [2.05, 4.69) is 44.9 Å². The van der Waals surface area contributed by atoms with Crippen LogP contribution in [0, 0.1) is 0 Å². The number of hydrogen-bond acceptors (Lipinski definition) is 5. The fraction of sp³-hybridized carbons (Fsp3) is 0.0870. The molecule has 0 radical (unpaired) electrons.